The van der Waals surface area contributed by atoms with Gasteiger partial charge in [-0.25, -0.2) is 4.39 Å². The van der Waals surface area contributed by atoms with Crippen LogP contribution >= 0.6 is 12.2 Å². The van der Waals surface area contributed by atoms with E-state index in [1.165, 1.54) is 6.07 Å². The van der Waals surface area contributed by atoms with Crippen LogP contribution in [-0.4, -0.2) is 21.8 Å². The standard InChI is InChI=1S/C25H21FN4OS/c1-31-18-13-11-17(12-14-18)30-24(23(28-25(30)32)20-8-4-5-15-27-20)22-10-6-16-29(22)21-9-3-2-7-19(21)26/h2-16,23-24H,1H3,(H,28,32)/t23-,24-/m1/s1. The van der Waals surface area contributed by atoms with Crippen LogP contribution in [0.15, 0.2) is 91.3 Å². The van der Waals surface area contributed by atoms with Crippen LogP contribution in [0.4, 0.5) is 10.1 Å². The quantitative estimate of drug-likeness (QED) is 0.429. The number of nitrogens with zero attached hydrogens (tertiary/aromatic N) is 3. The molecule has 160 valence electrons. The van der Waals surface area contributed by atoms with Crippen molar-refractivity contribution in [2.45, 2.75) is 12.1 Å². The normalized spacial score (nSPS) is 17.9. The van der Waals surface area contributed by atoms with E-state index in [9.17, 15) is 4.39 Å². The molecule has 0 aliphatic carbocycles. The van der Waals surface area contributed by atoms with E-state index in [0.29, 0.717) is 10.8 Å². The molecular weight excluding hydrogens is 423 g/mol. The van der Waals surface area contributed by atoms with E-state index < -0.39 is 0 Å². The number of hydrogen-bond acceptors (Lipinski definition) is 3. The lowest BCUT2D eigenvalue weighted by molar-refractivity contribution is 0.415. The van der Waals surface area contributed by atoms with E-state index in [-0.39, 0.29) is 17.9 Å². The second-order valence-electron chi connectivity index (χ2n) is 7.45. The van der Waals surface area contributed by atoms with E-state index in [1.807, 2.05) is 71.4 Å². The molecule has 0 unspecified atom stereocenters. The predicted octanol–water partition coefficient (Wildman–Crippen LogP) is 5.20. The smallest absolute Gasteiger partial charge is 0.174 e. The molecule has 2 atom stereocenters. The van der Waals surface area contributed by atoms with E-state index in [2.05, 4.69) is 15.2 Å². The molecule has 1 N–H and O–H groups in total. The highest BCUT2D eigenvalue weighted by atomic mass is 32.1. The van der Waals surface area contributed by atoms with E-state index in [1.54, 1.807) is 25.4 Å². The number of hydrogen-bond donors (Lipinski definition) is 1. The van der Waals surface area contributed by atoms with Gasteiger partial charge < -0.3 is 19.5 Å². The minimum atomic E-state index is -0.288. The molecule has 32 heavy (non-hydrogen) atoms. The van der Waals surface area contributed by atoms with Crippen molar-refractivity contribution in [1.29, 1.82) is 0 Å². The van der Waals surface area contributed by atoms with Crippen molar-refractivity contribution < 1.29 is 9.13 Å². The summed E-state index contributed by atoms with van der Waals surface area (Å²) in [6, 6.07) is 23.8. The van der Waals surface area contributed by atoms with Crippen LogP contribution in [0.5, 0.6) is 5.75 Å². The Morgan fingerprint density at radius 3 is 2.47 bits per heavy atom. The van der Waals surface area contributed by atoms with Crippen LogP contribution in [0.3, 0.4) is 0 Å². The highest BCUT2D eigenvalue weighted by Crippen LogP contribution is 2.42. The fraction of sp³-hybridized carbons (Fsp3) is 0.120. The molecule has 5 nitrogen and oxygen atoms in total. The van der Waals surface area contributed by atoms with E-state index in [4.69, 9.17) is 17.0 Å². The van der Waals surface area contributed by atoms with E-state index >= 15 is 0 Å². The van der Waals surface area contributed by atoms with Gasteiger partial charge in [-0.3, -0.25) is 4.98 Å². The Hall–Kier alpha value is -3.71. The maximum Gasteiger partial charge on any atom is 0.174 e. The third kappa shape index (κ3) is 3.50. The largest absolute Gasteiger partial charge is 0.497 e. The second-order valence-corrected chi connectivity index (χ2v) is 7.84. The maximum atomic E-state index is 14.7. The number of rotatable bonds is 5. The average molecular weight is 445 g/mol. The number of anilines is 1. The van der Waals surface area contributed by atoms with Gasteiger partial charge in [0.15, 0.2) is 5.11 Å². The highest BCUT2D eigenvalue weighted by Gasteiger charge is 2.42. The molecule has 0 bridgehead atoms. The summed E-state index contributed by atoms with van der Waals surface area (Å²) in [6.45, 7) is 0. The first-order chi connectivity index (χ1) is 15.7. The van der Waals surface area contributed by atoms with Crippen molar-refractivity contribution in [3.8, 4) is 11.4 Å². The summed E-state index contributed by atoms with van der Waals surface area (Å²) >= 11 is 5.77. The summed E-state index contributed by atoms with van der Waals surface area (Å²) in [5.41, 5.74) is 3.15. The van der Waals surface area contributed by atoms with Gasteiger partial charge in [0, 0.05) is 23.8 Å². The van der Waals surface area contributed by atoms with Crippen LogP contribution in [-0.2, 0) is 0 Å². The number of nitrogens with one attached hydrogen (secondary N) is 1. The Labute approximate surface area is 191 Å². The lowest BCUT2D eigenvalue weighted by atomic mass is 10.0. The third-order valence-electron chi connectivity index (χ3n) is 5.64. The molecular formula is C25H21FN4OS. The highest BCUT2D eigenvalue weighted by molar-refractivity contribution is 7.80. The van der Waals surface area contributed by atoms with Gasteiger partial charge in [0.25, 0.3) is 0 Å². The molecule has 7 heteroatoms. The van der Waals surface area contributed by atoms with Crippen LogP contribution in [0, 0.1) is 5.82 Å². The Kier molecular flexibility index (Phi) is 5.33. The third-order valence-corrected chi connectivity index (χ3v) is 5.96. The average Bonchev–Trinajstić information content (AvgIpc) is 3.44. The van der Waals surface area contributed by atoms with Gasteiger partial charge in [-0.05, 0) is 72.9 Å². The van der Waals surface area contributed by atoms with E-state index in [0.717, 1.165) is 22.8 Å². The van der Waals surface area contributed by atoms with Crippen molar-refractivity contribution in [3.05, 3.63) is 108 Å². The van der Waals surface area contributed by atoms with Crippen molar-refractivity contribution >= 4 is 23.0 Å². The molecule has 0 radical (unpaired) electrons. The van der Waals surface area contributed by atoms with Crippen molar-refractivity contribution in [1.82, 2.24) is 14.9 Å². The lowest BCUT2D eigenvalue weighted by Gasteiger charge is -2.29. The van der Waals surface area contributed by atoms with Gasteiger partial charge in [0.1, 0.15) is 17.6 Å². The number of thiocarbonyl (C=S) groups is 1. The minimum absolute atomic E-state index is 0.216. The summed E-state index contributed by atoms with van der Waals surface area (Å²) in [5.74, 6) is 0.475. The van der Waals surface area contributed by atoms with Gasteiger partial charge in [-0.1, -0.05) is 18.2 Å². The van der Waals surface area contributed by atoms with Gasteiger partial charge in [0.05, 0.1) is 24.5 Å². The van der Waals surface area contributed by atoms with Crippen LogP contribution in [0.2, 0.25) is 0 Å². The summed E-state index contributed by atoms with van der Waals surface area (Å²) < 4.78 is 21.9. The molecule has 0 amide bonds. The number of ether oxygens (including phenoxy) is 1. The number of aromatic nitrogens is 2. The van der Waals surface area contributed by atoms with Crippen molar-refractivity contribution in [2.75, 3.05) is 12.0 Å². The SMILES string of the molecule is COc1ccc(N2C(=S)N[C@H](c3ccccn3)[C@H]2c2cccn2-c2ccccc2F)cc1. The summed E-state index contributed by atoms with van der Waals surface area (Å²) in [4.78, 5) is 6.63. The monoisotopic (exact) mass is 444 g/mol. The zero-order valence-corrected chi connectivity index (χ0v) is 18.2. The maximum absolute atomic E-state index is 14.7. The van der Waals surface area contributed by atoms with Crippen molar-refractivity contribution in [2.24, 2.45) is 0 Å². The topological polar surface area (TPSA) is 42.3 Å². The van der Waals surface area contributed by atoms with Crippen molar-refractivity contribution in [3.63, 3.8) is 0 Å². The summed E-state index contributed by atoms with van der Waals surface area (Å²) in [7, 11) is 1.64. The van der Waals surface area contributed by atoms with Gasteiger partial charge >= 0.3 is 0 Å². The summed E-state index contributed by atoms with van der Waals surface area (Å²) in [5, 5.41) is 4.02. The van der Waals surface area contributed by atoms with Gasteiger partial charge in [0.2, 0.25) is 0 Å². The second kappa shape index (κ2) is 8.43. The molecule has 5 rings (SSSR count). The molecule has 1 saturated heterocycles. The fourth-order valence-corrected chi connectivity index (χ4v) is 4.52. The number of pyridine rings is 1. The number of halogens is 1. The number of para-hydroxylation sites is 1. The van der Waals surface area contributed by atoms with Crippen LogP contribution in [0.25, 0.3) is 5.69 Å². The Balaban J connectivity index is 1.66. The van der Waals surface area contributed by atoms with Gasteiger partial charge in [-0.2, -0.15) is 0 Å². The lowest BCUT2D eigenvalue weighted by Crippen LogP contribution is -2.30. The fourth-order valence-electron chi connectivity index (χ4n) is 4.18. The van der Waals surface area contributed by atoms with Gasteiger partial charge in [-0.15, -0.1) is 0 Å². The Morgan fingerprint density at radius 2 is 1.75 bits per heavy atom. The first-order valence-corrected chi connectivity index (χ1v) is 10.6. The first-order valence-electron chi connectivity index (χ1n) is 10.2. The number of methoxy groups -OCH3 is 1. The molecule has 0 saturated carbocycles. The summed E-state index contributed by atoms with van der Waals surface area (Å²) in [6.07, 6.45) is 3.64. The predicted molar refractivity (Wildman–Crippen MR) is 127 cm³/mol. The zero-order valence-electron chi connectivity index (χ0n) is 17.4. The molecule has 2 aromatic heterocycles. The molecule has 0 spiro atoms. The Morgan fingerprint density at radius 1 is 0.969 bits per heavy atom. The number of benzene rings is 2. The Bertz CT molecular complexity index is 1240. The molecule has 1 aliphatic rings. The molecule has 1 aliphatic heterocycles. The molecule has 2 aromatic carbocycles. The molecule has 1 fully saturated rings. The van der Waals surface area contributed by atoms with Crippen LogP contribution < -0.4 is 15.0 Å². The molecule has 3 heterocycles. The molecule has 4 aromatic rings. The first kappa shape index (κ1) is 20.2. The minimum Gasteiger partial charge on any atom is -0.497 e. The zero-order chi connectivity index (χ0) is 22.1. The van der Waals surface area contributed by atoms with Crippen LogP contribution in [0.1, 0.15) is 23.5 Å².